The quantitative estimate of drug-likeness (QED) is 0.382. The predicted octanol–water partition coefficient (Wildman–Crippen LogP) is 5.15. The molecule has 3 rings (SSSR count). The second kappa shape index (κ2) is 11.1. The van der Waals surface area contributed by atoms with E-state index in [0.717, 1.165) is 12.5 Å². The lowest BCUT2D eigenvalue weighted by Crippen LogP contribution is -2.22. The van der Waals surface area contributed by atoms with Crippen LogP contribution in [-0.2, 0) is 10.7 Å². The fraction of sp³-hybridized carbons (Fsp3) is 0.440. The van der Waals surface area contributed by atoms with E-state index in [1.807, 2.05) is 6.92 Å². The highest BCUT2D eigenvalue weighted by atomic mass is 19.3. The Labute approximate surface area is 202 Å². The van der Waals surface area contributed by atoms with Crippen molar-refractivity contribution in [2.24, 2.45) is 0 Å². The summed E-state index contributed by atoms with van der Waals surface area (Å²) in [4.78, 5) is 8.91. The Kier molecular flexibility index (Phi) is 8.39. The van der Waals surface area contributed by atoms with Crippen LogP contribution in [0.5, 0.6) is 11.5 Å². The maximum atomic E-state index is 15.0. The van der Waals surface area contributed by atoms with Gasteiger partial charge in [0.1, 0.15) is 30.7 Å². The zero-order chi connectivity index (χ0) is 25.8. The van der Waals surface area contributed by atoms with E-state index in [-0.39, 0.29) is 11.7 Å². The van der Waals surface area contributed by atoms with Crippen LogP contribution >= 0.6 is 0 Å². The van der Waals surface area contributed by atoms with Crippen molar-refractivity contribution < 1.29 is 32.5 Å². The number of aliphatic hydroxyl groups excluding tert-OH is 1. The molecular formula is C25H30F3N3O4. The summed E-state index contributed by atoms with van der Waals surface area (Å²) in [7, 11) is 3.13. The topological polar surface area (TPSA) is 85.7 Å². The van der Waals surface area contributed by atoms with Gasteiger partial charge in [-0.1, -0.05) is 19.1 Å². The van der Waals surface area contributed by atoms with Crippen LogP contribution in [0.15, 0.2) is 30.3 Å². The number of alkyl halides is 2. The van der Waals surface area contributed by atoms with Gasteiger partial charge in [0.05, 0.1) is 30.3 Å². The molecule has 1 heterocycles. The van der Waals surface area contributed by atoms with Crippen LogP contribution in [0.4, 0.5) is 19.0 Å². The summed E-state index contributed by atoms with van der Waals surface area (Å²) in [6.07, 6.45) is 0.661. The van der Waals surface area contributed by atoms with Gasteiger partial charge in [0.15, 0.2) is 11.5 Å². The van der Waals surface area contributed by atoms with E-state index in [1.165, 1.54) is 19.2 Å². The Balaban J connectivity index is 2.01. The van der Waals surface area contributed by atoms with Crippen molar-refractivity contribution in [3.8, 4) is 11.5 Å². The molecule has 7 nitrogen and oxygen atoms in total. The van der Waals surface area contributed by atoms with E-state index in [9.17, 15) is 13.2 Å². The molecule has 0 radical (unpaired) electrons. The Bertz CT molecular complexity index is 1170. The fourth-order valence-electron chi connectivity index (χ4n) is 3.71. The number of fused-ring (bicyclic) bond motifs is 1. The zero-order valence-corrected chi connectivity index (χ0v) is 20.4. The van der Waals surface area contributed by atoms with Gasteiger partial charge in [0.2, 0.25) is 0 Å². The van der Waals surface area contributed by atoms with Crippen LogP contribution in [0, 0.1) is 12.7 Å². The zero-order valence-electron chi connectivity index (χ0n) is 20.4. The van der Waals surface area contributed by atoms with E-state index in [1.54, 1.807) is 33.1 Å². The number of aromatic nitrogens is 2. The number of nitrogens with one attached hydrogen (secondary N) is 1. The van der Waals surface area contributed by atoms with Crippen LogP contribution in [0.25, 0.3) is 10.9 Å². The summed E-state index contributed by atoms with van der Waals surface area (Å²) in [5.74, 6) is -3.02. The Morgan fingerprint density at radius 2 is 1.89 bits per heavy atom. The molecule has 2 N–H and O–H groups in total. The van der Waals surface area contributed by atoms with Gasteiger partial charge in [-0.25, -0.2) is 14.4 Å². The number of hydrogen-bond acceptors (Lipinski definition) is 7. The lowest BCUT2D eigenvalue weighted by Gasteiger charge is -2.21. The van der Waals surface area contributed by atoms with E-state index in [4.69, 9.17) is 19.3 Å². The largest absolute Gasteiger partial charge is 0.493 e. The summed E-state index contributed by atoms with van der Waals surface area (Å²) in [5, 5.41) is 12.7. The molecule has 1 unspecified atom stereocenters. The van der Waals surface area contributed by atoms with Gasteiger partial charge in [0.25, 0.3) is 5.92 Å². The van der Waals surface area contributed by atoms with Crippen molar-refractivity contribution >= 4 is 16.7 Å². The van der Waals surface area contributed by atoms with Crippen molar-refractivity contribution in [2.75, 3.05) is 32.8 Å². The number of benzene rings is 2. The molecule has 0 spiro atoms. The number of ether oxygens (including phenoxy) is 3. The number of nitrogens with zero attached hydrogens (tertiary/aromatic N) is 2. The van der Waals surface area contributed by atoms with Gasteiger partial charge in [-0.3, -0.25) is 0 Å². The van der Waals surface area contributed by atoms with Crippen LogP contribution in [0.1, 0.15) is 43.3 Å². The highest BCUT2D eigenvalue weighted by molar-refractivity contribution is 5.92. The van der Waals surface area contributed by atoms with Gasteiger partial charge in [0, 0.05) is 24.1 Å². The highest BCUT2D eigenvalue weighted by Gasteiger charge is 2.35. The maximum Gasteiger partial charge on any atom is 0.298 e. The minimum absolute atomic E-state index is 0.0101. The third-order valence-electron chi connectivity index (χ3n) is 5.75. The number of aliphatic hydroxyl groups is 1. The first-order chi connectivity index (χ1) is 16.6. The molecule has 0 saturated heterocycles. The summed E-state index contributed by atoms with van der Waals surface area (Å²) in [6.45, 7) is 4.14. The van der Waals surface area contributed by atoms with E-state index >= 15 is 0 Å². The Morgan fingerprint density at radius 3 is 2.51 bits per heavy atom. The smallest absolute Gasteiger partial charge is 0.298 e. The molecule has 0 amide bonds. The van der Waals surface area contributed by atoms with E-state index in [2.05, 4.69) is 15.3 Å². The van der Waals surface area contributed by atoms with Gasteiger partial charge < -0.3 is 24.6 Å². The standard InChI is InChI=1S/C25H30F3N3O4/c1-6-16(33-4)12-35-22-10-18-20(11-21(22)34-5)30-15(3)31-24(18)29-14(2)17-8-7-9-19(23(17)26)25(27,28)13-32/h7-11,14,16,32H,6,12-13H2,1-5H3,(H,29,30,31)/t14-,16?/m1/s1. The molecule has 10 heteroatoms. The Morgan fingerprint density at radius 1 is 1.14 bits per heavy atom. The summed E-state index contributed by atoms with van der Waals surface area (Å²) in [5.41, 5.74) is -0.286. The molecule has 2 aromatic carbocycles. The molecule has 1 aromatic heterocycles. The second-order valence-corrected chi connectivity index (χ2v) is 8.15. The molecule has 0 bridgehead atoms. The monoisotopic (exact) mass is 493 g/mol. The number of rotatable bonds is 11. The normalized spacial score (nSPS) is 13.5. The predicted molar refractivity (Wildman–Crippen MR) is 127 cm³/mol. The second-order valence-electron chi connectivity index (χ2n) is 8.15. The molecule has 0 aliphatic carbocycles. The third-order valence-corrected chi connectivity index (χ3v) is 5.75. The molecule has 2 atom stereocenters. The first-order valence-corrected chi connectivity index (χ1v) is 11.2. The van der Waals surface area contributed by atoms with Crippen LogP contribution in [-0.4, -0.2) is 48.6 Å². The minimum atomic E-state index is -3.70. The number of hydrogen-bond donors (Lipinski definition) is 2. The highest BCUT2D eigenvalue weighted by Crippen LogP contribution is 2.37. The van der Waals surface area contributed by atoms with Crippen molar-refractivity contribution in [1.29, 1.82) is 0 Å². The number of anilines is 1. The van der Waals surface area contributed by atoms with Crippen LogP contribution in [0.2, 0.25) is 0 Å². The van der Waals surface area contributed by atoms with Gasteiger partial charge in [-0.2, -0.15) is 8.78 Å². The molecule has 3 aromatic rings. The van der Waals surface area contributed by atoms with Crippen molar-refractivity contribution in [2.45, 2.75) is 45.3 Å². The molecule has 0 saturated carbocycles. The SMILES string of the molecule is CCC(COc1cc2c(N[C@H](C)c3cccc(C(F)(F)CO)c3F)nc(C)nc2cc1OC)OC. The lowest BCUT2D eigenvalue weighted by atomic mass is 10.00. The molecular weight excluding hydrogens is 463 g/mol. The summed E-state index contributed by atoms with van der Waals surface area (Å²) in [6, 6.07) is 6.41. The first kappa shape index (κ1) is 26.5. The summed E-state index contributed by atoms with van der Waals surface area (Å²) < 4.78 is 59.8. The van der Waals surface area contributed by atoms with Gasteiger partial charge in [-0.15, -0.1) is 0 Å². The van der Waals surface area contributed by atoms with Crippen molar-refractivity contribution in [3.05, 3.63) is 53.1 Å². The molecule has 0 fully saturated rings. The lowest BCUT2D eigenvalue weighted by molar-refractivity contribution is -0.0583. The minimum Gasteiger partial charge on any atom is -0.493 e. The number of methoxy groups -OCH3 is 2. The van der Waals surface area contributed by atoms with Crippen LogP contribution < -0.4 is 14.8 Å². The molecule has 0 aliphatic rings. The summed E-state index contributed by atoms with van der Waals surface area (Å²) >= 11 is 0. The number of halogens is 3. The van der Waals surface area contributed by atoms with E-state index < -0.39 is 30.0 Å². The van der Waals surface area contributed by atoms with Gasteiger partial charge >= 0.3 is 0 Å². The van der Waals surface area contributed by atoms with Gasteiger partial charge in [-0.05, 0) is 32.4 Å². The fourth-order valence-corrected chi connectivity index (χ4v) is 3.71. The molecule has 0 aliphatic heterocycles. The molecule has 190 valence electrons. The maximum absolute atomic E-state index is 15.0. The molecule has 35 heavy (non-hydrogen) atoms. The first-order valence-electron chi connectivity index (χ1n) is 11.2. The van der Waals surface area contributed by atoms with Crippen molar-refractivity contribution in [1.82, 2.24) is 9.97 Å². The third kappa shape index (κ3) is 5.76. The average molecular weight is 494 g/mol. The Hall–Kier alpha value is -3.11. The average Bonchev–Trinajstić information content (AvgIpc) is 2.84. The van der Waals surface area contributed by atoms with E-state index in [0.29, 0.717) is 40.7 Å². The van der Waals surface area contributed by atoms with Crippen LogP contribution in [0.3, 0.4) is 0 Å². The van der Waals surface area contributed by atoms with Crippen molar-refractivity contribution in [3.63, 3.8) is 0 Å². The number of aryl methyl sites for hydroxylation is 1.